The van der Waals surface area contributed by atoms with Gasteiger partial charge >= 0.3 is 0 Å². The van der Waals surface area contributed by atoms with Gasteiger partial charge in [0.1, 0.15) is 0 Å². The highest BCUT2D eigenvalue weighted by atomic mass is 16.5. The number of ether oxygens (including phenoxy) is 1. The van der Waals surface area contributed by atoms with Crippen molar-refractivity contribution in [3.05, 3.63) is 0 Å². The monoisotopic (exact) mass is 144 g/mol. The highest BCUT2D eigenvalue weighted by Gasteiger charge is 2.34. The molecule has 10 heavy (non-hydrogen) atoms. The molecule has 1 N–H and O–H groups in total. The quantitative estimate of drug-likeness (QED) is 0.601. The summed E-state index contributed by atoms with van der Waals surface area (Å²) in [6.45, 7) is 1.98. The molecule has 0 aromatic heterocycles. The minimum absolute atomic E-state index is 0.258. The van der Waals surface area contributed by atoms with E-state index in [4.69, 9.17) is 4.74 Å². The van der Waals surface area contributed by atoms with Gasteiger partial charge in [0.2, 0.25) is 0 Å². The van der Waals surface area contributed by atoms with Crippen LogP contribution in [0.3, 0.4) is 0 Å². The van der Waals surface area contributed by atoms with Gasteiger partial charge in [-0.3, -0.25) is 0 Å². The maximum Gasteiger partial charge on any atom is 0.0908 e. The first kappa shape index (κ1) is 8.02. The third kappa shape index (κ3) is 1.32. The topological polar surface area (TPSA) is 29.5 Å². The summed E-state index contributed by atoms with van der Waals surface area (Å²) in [7, 11) is 1.68. The summed E-state index contributed by atoms with van der Waals surface area (Å²) in [4.78, 5) is 0. The van der Waals surface area contributed by atoms with Gasteiger partial charge in [-0.1, -0.05) is 12.8 Å². The molecule has 1 rings (SSSR count). The van der Waals surface area contributed by atoms with E-state index in [9.17, 15) is 5.11 Å². The number of rotatable bonds is 1. The fraction of sp³-hybridized carbons (Fsp3) is 1.00. The third-order valence-corrected chi connectivity index (χ3v) is 2.57. The lowest BCUT2D eigenvalue weighted by Gasteiger charge is -2.36. The van der Waals surface area contributed by atoms with Gasteiger partial charge in [-0.25, -0.2) is 0 Å². The molecule has 1 fully saturated rings. The van der Waals surface area contributed by atoms with Gasteiger partial charge in [-0.2, -0.15) is 0 Å². The van der Waals surface area contributed by atoms with Crippen molar-refractivity contribution >= 4 is 0 Å². The second-order valence-electron chi connectivity index (χ2n) is 3.28. The molecule has 0 radical (unpaired) electrons. The van der Waals surface area contributed by atoms with E-state index < -0.39 is 0 Å². The average Bonchev–Trinajstić information content (AvgIpc) is 1.96. The van der Waals surface area contributed by atoms with Crippen LogP contribution in [0.4, 0.5) is 0 Å². The SMILES string of the molecule is CO[C@@]1(C)CCCC[C@@H]1O. The van der Waals surface area contributed by atoms with Gasteiger partial charge in [0.25, 0.3) is 0 Å². The normalized spacial score (nSPS) is 41.7. The zero-order valence-electron chi connectivity index (χ0n) is 6.76. The Balaban J connectivity index is 2.54. The van der Waals surface area contributed by atoms with E-state index in [0.29, 0.717) is 0 Å². The van der Waals surface area contributed by atoms with Gasteiger partial charge in [-0.15, -0.1) is 0 Å². The average molecular weight is 144 g/mol. The Morgan fingerprint density at radius 2 is 2.20 bits per heavy atom. The predicted molar refractivity (Wildman–Crippen MR) is 39.9 cm³/mol. The van der Waals surface area contributed by atoms with Crippen LogP contribution in [0, 0.1) is 0 Å². The fourth-order valence-electron chi connectivity index (χ4n) is 1.52. The van der Waals surface area contributed by atoms with Gasteiger partial charge < -0.3 is 9.84 Å². The van der Waals surface area contributed by atoms with Crippen molar-refractivity contribution < 1.29 is 9.84 Å². The lowest BCUT2D eigenvalue weighted by Crippen LogP contribution is -2.43. The number of aliphatic hydroxyl groups excluding tert-OH is 1. The summed E-state index contributed by atoms with van der Waals surface area (Å²) in [5, 5.41) is 9.50. The van der Waals surface area contributed by atoms with Gasteiger partial charge in [0, 0.05) is 7.11 Å². The summed E-state index contributed by atoms with van der Waals surface area (Å²) in [5.74, 6) is 0. The van der Waals surface area contributed by atoms with E-state index in [-0.39, 0.29) is 11.7 Å². The molecule has 0 amide bonds. The standard InChI is InChI=1S/C8H16O2/c1-8(10-2)6-4-3-5-7(8)9/h7,9H,3-6H2,1-2H3/t7-,8-/m0/s1. The first-order valence-electron chi connectivity index (χ1n) is 3.92. The fourth-order valence-corrected chi connectivity index (χ4v) is 1.52. The molecule has 0 aliphatic heterocycles. The highest BCUT2D eigenvalue weighted by Crippen LogP contribution is 2.30. The molecule has 0 saturated heterocycles. The number of hydrogen-bond acceptors (Lipinski definition) is 2. The summed E-state index contributed by atoms with van der Waals surface area (Å²) in [6.07, 6.45) is 3.95. The number of hydrogen-bond donors (Lipinski definition) is 1. The minimum atomic E-state index is -0.266. The largest absolute Gasteiger partial charge is 0.390 e. The first-order chi connectivity index (χ1) is 4.69. The van der Waals surface area contributed by atoms with Gasteiger partial charge in [0.15, 0.2) is 0 Å². The van der Waals surface area contributed by atoms with Crippen LogP contribution in [0.2, 0.25) is 0 Å². The lowest BCUT2D eigenvalue weighted by atomic mass is 9.84. The van der Waals surface area contributed by atoms with E-state index in [1.165, 1.54) is 6.42 Å². The van der Waals surface area contributed by atoms with Crippen molar-refractivity contribution in [1.29, 1.82) is 0 Å². The molecule has 0 spiro atoms. The molecule has 2 atom stereocenters. The molecular formula is C8H16O2. The molecule has 2 nitrogen and oxygen atoms in total. The second-order valence-corrected chi connectivity index (χ2v) is 3.28. The Bertz CT molecular complexity index is 114. The Hall–Kier alpha value is -0.0800. The molecule has 1 aliphatic carbocycles. The van der Waals surface area contributed by atoms with Gasteiger partial charge in [0.05, 0.1) is 11.7 Å². The molecule has 2 heteroatoms. The molecule has 0 heterocycles. The van der Waals surface area contributed by atoms with Crippen LogP contribution in [0.15, 0.2) is 0 Å². The predicted octanol–water partition coefficient (Wildman–Crippen LogP) is 1.33. The van der Waals surface area contributed by atoms with Crippen molar-refractivity contribution in [1.82, 2.24) is 0 Å². The van der Waals surface area contributed by atoms with Crippen molar-refractivity contribution in [2.24, 2.45) is 0 Å². The van der Waals surface area contributed by atoms with E-state index in [1.807, 2.05) is 6.92 Å². The van der Waals surface area contributed by atoms with E-state index in [1.54, 1.807) is 7.11 Å². The van der Waals surface area contributed by atoms with Crippen molar-refractivity contribution in [2.75, 3.05) is 7.11 Å². The first-order valence-corrected chi connectivity index (χ1v) is 3.92. The van der Waals surface area contributed by atoms with Gasteiger partial charge in [-0.05, 0) is 19.8 Å². The zero-order chi connectivity index (χ0) is 7.61. The van der Waals surface area contributed by atoms with Crippen LogP contribution in [0.5, 0.6) is 0 Å². The Morgan fingerprint density at radius 1 is 1.50 bits per heavy atom. The van der Waals surface area contributed by atoms with Crippen molar-refractivity contribution in [2.45, 2.75) is 44.3 Å². The van der Waals surface area contributed by atoms with E-state index in [0.717, 1.165) is 19.3 Å². The number of aliphatic hydroxyl groups is 1. The second kappa shape index (κ2) is 2.89. The number of methoxy groups -OCH3 is 1. The van der Waals surface area contributed by atoms with Crippen LogP contribution in [0.25, 0.3) is 0 Å². The maximum atomic E-state index is 9.50. The maximum absolute atomic E-state index is 9.50. The van der Waals surface area contributed by atoms with Crippen LogP contribution in [-0.4, -0.2) is 23.9 Å². The summed E-state index contributed by atoms with van der Waals surface area (Å²) in [6, 6.07) is 0. The summed E-state index contributed by atoms with van der Waals surface area (Å²) in [5.41, 5.74) is -0.266. The Morgan fingerprint density at radius 3 is 2.60 bits per heavy atom. The van der Waals surface area contributed by atoms with E-state index >= 15 is 0 Å². The van der Waals surface area contributed by atoms with Crippen LogP contribution in [-0.2, 0) is 4.74 Å². The summed E-state index contributed by atoms with van der Waals surface area (Å²) < 4.78 is 5.24. The molecule has 60 valence electrons. The van der Waals surface area contributed by atoms with E-state index in [2.05, 4.69) is 0 Å². The van der Waals surface area contributed by atoms with Crippen LogP contribution >= 0.6 is 0 Å². The molecule has 1 saturated carbocycles. The molecule has 0 unspecified atom stereocenters. The van der Waals surface area contributed by atoms with Crippen LogP contribution < -0.4 is 0 Å². The zero-order valence-corrected chi connectivity index (χ0v) is 6.76. The third-order valence-electron chi connectivity index (χ3n) is 2.57. The molecule has 1 aliphatic rings. The molecule has 0 aromatic carbocycles. The smallest absolute Gasteiger partial charge is 0.0908 e. The van der Waals surface area contributed by atoms with Crippen molar-refractivity contribution in [3.63, 3.8) is 0 Å². The highest BCUT2D eigenvalue weighted by molar-refractivity contribution is 4.87. The Kier molecular flexibility index (Phi) is 2.32. The molecular weight excluding hydrogens is 128 g/mol. The molecule has 0 bridgehead atoms. The Labute approximate surface area is 62.2 Å². The lowest BCUT2D eigenvalue weighted by molar-refractivity contribution is -0.112. The minimum Gasteiger partial charge on any atom is -0.390 e. The van der Waals surface area contributed by atoms with Crippen molar-refractivity contribution in [3.8, 4) is 0 Å². The molecule has 0 aromatic rings. The summed E-state index contributed by atoms with van der Waals surface area (Å²) >= 11 is 0. The van der Waals surface area contributed by atoms with Crippen LogP contribution in [0.1, 0.15) is 32.6 Å².